The minimum atomic E-state index is -3.51. The largest absolute Gasteiger partial charge is 0.463 e. The zero-order valence-electron chi connectivity index (χ0n) is 15.4. The Balaban J connectivity index is 1.55. The first-order valence-electron chi connectivity index (χ1n) is 9.23. The molecule has 2 fully saturated rings. The second kappa shape index (κ2) is 8.06. The van der Waals surface area contributed by atoms with Crippen LogP contribution < -0.4 is 0 Å². The van der Waals surface area contributed by atoms with Gasteiger partial charge in [-0.05, 0) is 62.8 Å². The third-order valence-corrected chi connectivity index (χ3v) is 7.23. The van der Waals surface area contributed by atoms with Crippen LogP contribution in [0.25, 0.3) is 0 Å². The third kappa shape index (κ3) is 4.27. The van der Waals surface area contributed by atoms with Gasteiger partial charge in [-0.3, -0.25) is 4.79 Å². The van der Waals surface area contributed by atoms with Gasteiger partial charge in [0, 0.05) is 19.7 Å². The summed E-state index contributed by atoms with van der Waals surface area (Å²) < 4.78 is 37.9. The Morgan fingerprint density at radius 3 is 2.54 bits per heavy atom. The molecule has 1 aromatic rings. The summed E-state index contributed by atoms with van der Waals surface area (Å²) in [5.41, 5.74) is 2.02. The van der Waals surface area contributed by atoms with Gasteiger partial charge < -0.3 is 9.47 Å². The molecule has 2 aliphatic heterocycles. The topological polar surface area (TPSA) is 72.9 Å². The number of rotatable bonds is 5. The molecular formula is C19H27NO5S. The molecule has 6 nitrogen and oxygen atoms in total. The van der Waals surface area contributed by atoms with Crippen molar-refractivity contribution in [2.75, 3.05) is 26.3 Å². The van der Waals surface area contributed by atoms with E-state index >= 15 is 0 Å². The van der Waals surface area contributed by atoms with Crippen LogP contribution in [-0.4, -0.2) is 51.1 Å². The van der Waals surface area contributed by atoms with Gasteiger partial charge in [0.1, 0.15) is 6.61 Å². The molecule has 2 heterocycles. The van der Waals surface area contributed by atoms with Crippen LogP contribution >= 0.6 is 0 Å². The van der Waals surface area contributed by atoms with E-state index in [9.17, 15) is 13.2 Å². The van der Waals surface area contributed by atoms with Crippen LogP contribution in [0.2, 0.25) is 0 Å². The molecule has 2 aliphatic rings. The molecule has 1 unspecified atom stereocenters. The Morgan fingerprint density at radius 1 is 1.19 bits per heavy atom. The van der Waals surface area contributed by atoms with E-state index in [4.69, 9.17) is 9.47 Å². The number of benzene rings is 1. The van der Waals surface area contributed by atoms with Gasteiger partial charge in [0.05, 0.1) is 16.9 Å². The van der Waals surface area contributed by atoms with Crippen LogP contribution in [0.5, 0.6) is 0 Å². The molecule has 0 amide bonds. The molecule has 0 aromatic heterocycles. The van der Waals surface area contributed by atoms with E-state index in [0.29, 0.717) is 37.4 Å². The van der Waals surface area contributed by atoms with E-state index in [1.807, 2.05) is 19.9 Å². The van der Waals surface area contributed by atoms with Crippen molar-refractivity contribution in [3.05, 3.63) is 29.3 Å². The summed E-state index contributed by atoms with van der Waals surface area (Å²) >= 11 is 0. The second-order valence-corrected chi connectivity index (χ2v) is 9.13. The lowest BCUT2D eigenvalue weighted by molar-refractivity contribution is -0.153. The Hall–Kier alpha value is -1.44. The predicted molar refractivity (Wildman–Crippen MR) is 97.3 cm³/mol. The minimum Gasteiger partial charge on any atom is -0.463 e. The number of hydrogen-bond acceptors (Lipinski definition) is 5. The van der Waals surface area contributed by atoms with Gasteiger partial charge in [-0.1, -0.05) is 6.07 Å². The molecule has 1 aromatic carbocycles. The van der Waals surface area contributed by atoms with Crippen LogP contribution in [-0.2, 0) is 24.3 Å². The second-order valence-electron chi connectivity index (χ2n) is 7.19. The first kappa shape index (κ1) is 19.3. The molecule has 2 saturated heterocycles. The van der Waals surface area contributed by atoms with E-state index in [2.05, 4.69) is 0 Å². The summed E-state index contributed by atoms with van der Waals surface area (Å²) in [7, 11) is -3.51. The summed E-state index contributed by atoms with van der Waals surface area (Å²) in [6, 6.07) is 5.20. The highest BCUT2D eigenvalue weighted by atomic mass is 32.2. The molecule has 0 N–H and O–H groups in total. The van der Waals surface area contributed by atoms with Gasteiger partial charge in [0.2, 0.25) is 10.0 Å². The van der Waals surface area contributed by atoms with Gasteiger partial charge in [0.25, 0.3) is 0 Å². The van der Waals surface area contributed by atoms with Gasteiger partial charge in [-0.15, -0.1) is 0 Å². The third-order valence-electron chi connectivity index (χ3n) is 5.34. The number of piperidine rings is 1. The smallest absolute Gasteiger partial charge is 0.309 e. The Bertz CT molecular complexity index is 747. The average molecular weight is 381 g/mol. The molecule has 26 heavy (non-hydrogen) atoms. The van der Waals surface area contributed by atoms with E-state index in [-0.39, 0.29) is 18.0 Å². The fraction of sp³-hybridized carbons (Fsp3) is 0.632. The van der Waals surface area contributed by atoms with Crippen molar-refractivity contribution in [3.63, 3.8) is 0 Å². The summed E-state index contributed by atoms with van der Waals surface area (Å²) in [5, 5.41) is 0. The molecule has 3 rings (SSSR count). The molecule has 0 spiro atoms. The van der Waals surface area contributed by atoms with Crippen molar-refractivity contribution < 1.29 is 22.7 Å². The van der Waals surface area contributed by atoms with Crippen LogP contribution in [0, 0.1) is 19.8 Å². The Kier molecular flexibility index (Phi) is 5.99. The molecule has 144 valence electrons. The molecule has 0 saturated carbocycles. The van der Waals surface area contributed by atoms with Crippen LogP contribution in [0.1, 0.15) is 36.8 Å². The molecule has 0 bridgehead atoms. The number of carbonyl (C=O) groups is 1. The normalized spacial score (nSPS) is 22.5. The molecule has 0 aliphatic carbocycles. The van der Waals surface area contributed by atoms with E-state index in [1.54, 1.807) is 12.1 Å². The van der Waals surface area contributed by atoms with Gasteiger partial charge in [-0.2, -0.15) is 4.31 Å². The first-order chi connectivity index (χ1) is 12.4. The number of aryl methyl sites for hydroxylation is 2. The fourth-order valence-electron chi connectivity index (χ4n) is 3.42. The van der Waals surface area contributed by atoms with Crippen molar-refractivity contribution in [2.24, 2.45) is 5.92 Å². The van der Waals surface area contributed by atoms with Crippen LogP contribution in [0.4, 0.5) is 0 Å². The number of hydrogen-bond donors (Lipinski definition) is 0. The standard InChI is InChI=1S/C19H27NO5S/c1-14-5-6-18(12-15(14)2)26(22,23)20-9-7-16(8-10-20)19(21)25-13-17-4-3-11-24-17/h5-6,12,16-17H,3-4,7-11,13H2,1-2H3. The zero-order chi connectivity index (χ0) is 18.7. The fourth-order valence-corrected chi connectivity index (χ4v) is 4.98. The first-order valence-corrected chi connectivity index (χ1v) is 10.7. The van der Waals surface area contributed by atoms with Crippen LogP contribution in [0.15, 0.2) is 23.1 Å². The lowest BCUT2D eigenvalue weighted by Crippen LogP contribution is -2.40. The van der Waals surface area contributed by atoms with Gasteiger partial charge in [-0.25, -0.2) is 8.42 Å². The van der Waals surface area contributed by atoms with Crippen molar-refractivity contribution >= 4 is 16.0 Å². The number of carbonyl (C=O) groups excluding carboxylic acids is 1. The van der Waals surface area contributed by atoms with Gasteiger partial charge >= 0.3 is 5.97 Å². The van der Waals surface area contributed by atoms with Crippen molar-refractivity contribution in [1.82, 2.24) is 4.31 Å². The summed E-state index contributed by atoms with van der Waals surface area (Å²) in [4.78, 5) is 12.5. The predicted octanol–water partition coefficient (Wildman–Crippen LogP) is 2.43. The van der Waals surface area contributed by atoms with E-state index in [0.717, 1.165) is 30.6 Å². The minimum absolute atomic E-state index is 0.0178. The number of nitrogens with zero attached hydrogens (tertiary/aromatic N) is 1. The molecule has 1 atom stereocenters. The number of sulfonamides is 1. The maximum Gasteiger partial charge on any atom is 0.309 e. The molecule has 0 radical (unpaired) electrons. The maximum atomic E-state index is 12.8. The Labute approximate surface area is 155 Å². The summed E-state index contributed by atoms with van der Waals surface area (Å²) in [6.45, 7) is 5.59. The highest BCUT2D eigenvalue weighted by molar-refractivity contribution is 7.89. The van der Waals surface area contributed by atoms with Crippen molar-refractivity contribution in [2.45, 2.75) is 50.5 Å². The highest BCUT2D eigenvalue weighted by Crippen LogP contribution is 2.26. The number of ether oxygens (including phenoxy) is 2. The van der Waals surface area contributed by atoms with E-state index < -0.39 is 10.0 Å². The van der Waals surface area contributed by atoms with Crippen molar-refractivity contribution in [3.8, 4) is 0 Å². The Morgan fingerprint density at radius 2 is 1.92 bits per heavy atom. The maximum absolute atomic E-state index is 12.8. The summed E-state index contributed by atoms with van der Waals surface area (Å²) in [6.07, 6.45) is 2.95. The highest BCUT2D eigenvalue weighted by Gasteiger charge is 2.33. The SMILES string of the molecule is Cc1ccc(S(=O)(=O)N2CCC(C(=O)OCC3CCCO3)CC2)cc1C. The lowest BCUT2D eigenvalue weighted by atomic mass is 9.98. The van der Waals surface area contributed by atoms with Crippen molar-refractivity contribution in [1.29, 1.82) is 0 Å². The van der Waals surface area contributed by atoms with E-state index in [1.165, 1.54) is 4.31 Å². The monoisotopic (exact) mass is 381 g/mol. The lowest BCUT2D eigenvalue weighted by Gasteiger charge is -2.30. The quantitative estimate of drug-likeness (QED) is 0.733. The number of esters is 1. The zero-order valence-corrected chi connectivity index (χ0v) is 16.3. The average Bonchev–Trinajstić information content (AvgIpc) is 3.15. The summed E-state index contributed by atoms with van der Waals surface area (Å²) in [5.74, 6) is -0.466. The van der Waals surface area contributed by atoms with Gasteiger partial charge in [0.15, 0.2) is 0 Å². The molecular weight excluding hydrogens is 354 g/mol. The molecule has 7 heteroatoms. The van der Waals surface area contributed by atoms with Crippen LogP contribution in [0.3, 0.4) is 0 Å².